The van der Waals surface area contributed by atoms with Crippen LogP contribution in [0.15, 0.2) is 0 Å². The predicted molar refractivity (Wildman–Crippen MR) is 94.6 cm³/mol. The number of amides is 2. The highest BCUT2D eigenvalue weighted by molar-refractivity contribution is 5.89. The summed E-state index contributed by atoms with van der Waals surface area (Å²) in [6.07, 6.45) is 7.52. The standard InChI is InChI=1S/C19H34N2O3/c1-4-16(5-2)21-13-15(12-18(21)22)19(23)20-10-11-24-17-9-7-6-8-14(17)3/h14-17H,4-13H2,1-3H3,(H,20,23). The number of carbonyl (C=O) groups is 2. The fourth-order valence-electron chi connectivity index (χ4n) is 4.05. The van der Waals surface area contributed by atoms with Crippen LogP contribution in [-0.2, 0) is 14.3 Å². The van der Waals surface area contributed by atoms with Crippen LogP contribution in [0.3, 0.4) is 0 Å². The van der Waals surface area contributed by atoms with Gasteiger partial charge >= 0.3 is 0 Å². The number of ether oxygens (including phenoxy) is 1. The third-order valence-electron chi connectivity index (χ3n) is 5.68. The van der Waals surface area contributed by atoms with Crippen molar-refractivity contribution in [2.45, 2.75) is 77.9 Å². The highest BCUT2D eigenvalue weighted by atomic mass is 16.5. The monoisotopic (exact) mass is 338 g/mol. The molecule has 3 atom stereocenters. The molecule has 0 spiro atoms. The summed E-state index contributed by atoms with van der Waals surface area (Å²) in [5.41, 5.74) is 0. The third-order valence-corrected chi connectivity index (χ3v) is 5.68. The molecule has 1 aliphatic carbocycles. The van der Waals surface area contributed by atoms with E-state index in [0.717, 1.165) is 19.3 Å². The summed E-state index contributed by atoms with van der Waals surface area (Å²) in [7, 11) is 0. The van der Waals surface area contributed by atoms with Gasteiger partial charge in [0.2, 0.25) is 11.8 Å². The summed E-state index contributed by atoms with van der Waals surface area (Å²) < 4.78 is 5.93. The molecule has 2 aliphatic rings. The summed E-state index contributed by atoms with van der Waals surface area (Å²) >= 11 is 0. The summed E-state index contributed by atoms with van der Waals surface area (Å²) in [6.45, 7) is 8.11. The molecule has 0 radical (unpaired) electrons. The predicted octanol–water partition coefficient (Wildman–Crippen LogP) is 2.74. The minimum absolute atomic E-state index is 0.00269. The lowest BCUT2D eigenvalue weighted by Gasteiger charge is -2.28. The molecule has 138 valence electrons. The van der Waals surface area contributed by atoms with Crippen molar-refractivity contribution in [1.82, 2.24) is 10.2 Å². The van der Waals surface area contributed by atoms with Crippen LogP contribution in [0.25, 0.3) is 0 Å². The molecule has 1 heterocycles. The van der Waals surface area contributed by atoms with Gasteiger partial charge in [0.05, 0.1) is 18.6 Å². The van der Waals surface area contributed by atoms with E-state index >= 15 is 0 Å². The number of rotatable bonds is 8. The molecule has 2 rings (SSSR count). The van der Waals surface area contributed by atoms with Gasteiger partial charge in [0.1, 0.15) is 0 Å². The Morgan fingerprint density at radius 3 is 2.67 bits per heavy atom. The van der Waals surface area contributed by atoms with Crippen molar-refractivity contribution in [1.29, 1.82) is 0 Å². The van der Waals surface area contributed by atoms with Gasteiger partial charge in [-0.3, -0.25) is 9.59 Å². The molecule has 0 aromatic rings. The number of carbonyl (C=O) groups excluding carboxylic acids is 2. The molecule has 5 heteroatoms. The molecule has 24 heavy (non-hydrogen) atoms. The van der Waals surface area contributed by atoms with E-state index in [9.17, 15) is 9.59 Å². The fraction of sp³-hybridized carbons (Fsp3) is 0.895. The van der Waals surface area contributed by atoms with E-state index in [1.807, 2.05) is 4.90 Å². The Morgan fingerprint density at radius 2 is 2.00 bits per heavy atom. The van der Waals surface area contributed by atoms with Crippen molar-refractivity contribution in [3.63, 3.8) is 0 Å². The van der Waals surface area contributed by atoms with Crippen LogP contribution >= 0.6 is 0 Å². The zero-order chi connectivity index (χ0) is 17.5. The minimum Gasteiger partial charge on any atom is -0.376 e. The topological polar surface area (TPSA) is 58.6 Å². The van der Waals surface area contributed by atoms with Crippen molar-refractivity contribution >= 4 is 11.8 Å². The zero-order valence-corrected chi connectivity index (χ0v) is 15.6. The first-order valence-electron chi connectivity index (χ1n) is 9.75. The second-order valence-corrected chi connectivity index (χ2v) is 7.38. The van der Waals surface area contributed by atoms with Crippen molar-refractivity contribution in [2.24, 2.45) is 11.8 Å². The van der Waals surface area contributed by atoms with Crippen LogP contribution in [-0.4, -0.2) is 48.6 Å². The molecular formula is C19H34N2O3. The van der Waals surface area contributed by atoms with Crippen LogP contribution in [0, 0.1) is 11.8 Å². The number of hydrogen-bond acceptors (Lipinski definition) is 3. The lowest BCUT2D eigenvalue weighted by atomic mass is 9.88. The van der Waals surface area contributed by atoms with E-state index in [2.05, 4.69) is 26.1 Å². The van der Waals surface area contributed by atoms with Gasteiger partial charge in [-0.05, 0) is 31.6 Å². The summed E-state index contributed by atoms with van der Waals surface area (Å²) in [5.74, 6) is 0.537. The van der Waals surface area contributed by atoms with E-state index in [1.54, 1.807) is 0 Å². The van der Waals surface area contributed by atoms with Crippen LogP contribution in [0.5, 0.6) is 0 Å². The quantitative estimate of drug-likeness (QED) is 0.692. The SMILES string of the molecule is CCC(CC)N1CC(C(=O)NCCOC2CCCCC2C)CC1=O. The van der Waals surface area contributed by atoms with E-state index in [-0.39, 0.29) is 23.8 Å². The zero-order valence-electron chi connectivity index (χ0n) is 15.6. The average molecular weight is 338 g/mol. The second kappa shape index (κ2) is 9.40. The van der Waals surface area contributed by atoms with Gasteiger partial charge in [0.15, 0.2) is 0 Å². The number of nitrogens with one attached hydrogen (secondary N) is 1. The molecule has 1 aliphatic heterocycles. The van der Waals surface area contributed by atoms with Crippen molar-refractivity contribution < 1.29 is 14.3 Å². The maximum atomic E-state index is 12.3. The van der Waals surface area contributed by atoms with Gasteiger partial charge in [0, 0.05) is 25.6 Å². The molecule has 0 bridgehead atoms. The van der Waals surface area contributed by atoms with E-state index in [4.69, 9.17) is 4.74 Å². The van der Waals surface area contributed by atoms with Crippen molar-refractivity contribution in [2.75, 3.05) is 19.7 Å². The molecule has 5 nitrogen and oxygen atoms in total. The lowest BCUT2D eigenvalue weighted by molar-refractivity contribution is -0.130. The molecule has 1 saturated carbocycles. The average Bonchev–Trinajstić information content (AvgIpc) is 2.96. The van der Waals surface area contributed by atoms with E-state index in [1.165, 1.54) is 19.3 Å². The Bertz CT molecular complexity index is 423. The summed E-state index contributed by atoms with van der Waals surface area (Å²) in [5, 5.41) is 2.95. The second-order valence-electron chi connectivity index (χ2n) is 7.38. The van der Waals surface area contributed by atoms with Crippen molar-refractivity contribution in [3.05, 3.63) is 0 Å². The van der Waals surface area contributed by atoms with Gasteiger partial charge in [0.25, 0.3) is 0 Å². The minimum atomic E-state index is -0.202. The smallest absolute Gasteiger partial charge is 0.225 e. The molecular weight excluding hydrogens is 304 g/mol. The van der Waals surface area contributed by atoms with Crippen LogP contribution in [0.4, 0.5) is 0 Å². The van der Waals surface area contributed by atoms with Gasteiger partial charge in [-0.25, -0.2) is 0 Å². The summed E-state index contributed by atoms with van der Waals surface area (Å²) in [6, 6.07) is 0.270. The number of hydrogen-bond donors (Lipinski definition) is 1. The van der Waals surface area contributed by atoms with Gasteiger partial charge in [-0.2, -0.15) is 0 Å². The van der Waals surface area contributed by atoms with Gasteiger partial charge in [-0.15, -0.1) is 0 Å². The highest BCUT2D eigenvalue weighted by Gasteiger charge is 2.36. The first kappa shape index (κ1) is 19.2. The Labute approximate surface area is 146 Å². The van der Waals surface area contributed by atoms with Crippen LogP contribution < -0.4 is 5.32 Å². The Hall–Kier alpha value is -1.10. The molecule has 0 aromatic carbocycles. The molecule has 2 fully saturated rings. The number of nitrogens with zero attached hydrogens (tertiary/aromatic N) is 1. The summed E-state index contributed by atoms with van der Waals surface area (Å²) in [4.78, 5) is 26.3. The molecule has 3 unspecified atom stereocenters. The molecule has 0 aromatic heterocycles. The largest absolute Gasteiger partial charge is 0.376 e. The van der Waals surface area contributed by atoms with Gasteiger partial charge < -0.3 is 15.0 Å². The van der Waals surface area contributed by atoms with E-state index < -0.39 is 0 Å². The fourth-order valence-corrected chi connectivity index (χ4v) is 4.05. The maximum absolute atomic E-state index is 12.3. The Balaban J connectivity index is 1.68. The lowest BCUT2D eigenvalue weighted by Crippen LogP contribution is -2.38. The van der Waals surface area contributed by atoms with Crippen LogP contribution in [0.2, 0.25) is 0 Å². The van der Waals surface area contributed by atoms with Crippen molar-refractivity contribution in [3.8, 4) is 0 Å². The van der Waals surface area contributed by atoms with E-state index in [0.29, 0.717) is 38.1 Å². The number of likely N-dealkylation sites (tertiary alicyclic amines) is 1. The first-order chi connectivity index (χ1) is 11.6. The van der Waals surface area contributed by atoms with Gasteiger partial charge in [-0.1, -0.05) is 33.6 Å². The normalized spacial score (nSPS) is 27.8. The van der Waals surface area contributed by atoms with Crippen LogP contribution in [0.1, 0.15) is 65.7 Å². The molecule has 2 amide bonds. The molecule has 1 N–H and O–H groups in total. The highest BCUT2D eigenvalue weighted by Crippen LogP contribution is 2.26. The Kier molecular flexibility index (Phi) is 7.53. The Morgan fingerprint density at radius 1 is 1.29 bits per heavy atom. The first-order valence-corrected chi connectivity index (χ1v) is 9.75. The maximum Gasteiger partial charge on any atom is 0.225 e. The molecule has 1 saturated heterocycles. The third kappa shape index (κ3) is 4.95.